The fraction of sp³-hybridized carbons (Fsp3) is 0.933. The molecule has 0 bridgehead atoms. The third kappa shape index (κ3) is 2.83. The SMILES string of the molecule is CN(CC1CCOC1)C(=O)[C@@]12CCCC[C@H]1CNC2.Cl. The van der Waals surface area contributed by atoms with Crippen LogP contribution in [0.4, 0.5) is 0 Å². The highest BCUT2D eigenvalue weighted by molar-refractivity contribution is 5.85. The Morgan fingerprint density at radius 1 is 1.40 bits per heavy atom. The highest BCUT2D eigenvalue weighted by atomic mass is 35.5. The predicted octanol–water partition coefficient (Wildman–Crippen LogP) is 1.68. The van der Waals surface area contributed by atoms with Gasteiger partial charge in [0.1, 0.15) is 0 Å². The van der Waals surface area contributed by atoms with E-state index in [1.165, 1.54) is 19.3 Å². The van der Waals surface area contributed by atoms with Gasteiger partial charge in [-0.25, -0.2) is 0 Å². The lowest BCUT2D eigenvalue weighted by molar-refractivity contribution is -0.144. The largest absolute Gasteiger partial charge is 0.381 e. The van der Waals surface area contributed by atoms with Crippen molar-refractivity contribution in [2.45, 2.75) is 32.1 Å². The fourth-order valence-corrected chi connectivity index (χ4v) is 4.25. The van der Waals surface area contributed by atoms with Crippen LogP contribution in [0.25, 0.3) is 0 Å². The standard InChI is InChI=1S/C15H26N2O2.ClH/c1-17(9-12-5-7-19-10-12)14(18)15-6-3-2-4-13(15)8-16-11-15;/h12-13,16H,2-11H2,1H3;1H/t12?,13-,15+;/m0./s1. The molecular weight excluding hydrogens is 276 g/mol. The summed E-state index contributed by atoms with van der Waals surface area (Å²) in [5.74, 6) is 1.49. The van der Waals surface area contributed by atoms with Gasteiger partial charge < -0.3 is 15.0 Å². The summed E-state index contributed by atoms with van der Waals surface area (Å²) < 4.78 is 5.42. The topological polar surface area (TPSA) is 41.6 Å². The van der Waals surface area contributed by atoms with Crippen molar-refractivity contribution in [1.29, 1.82) is 0 Å². The maximum Gasteiger partial charge on any atom is 0.230 e. The van der Waals surface area contributed by atoms with Crippen LogP contribution in [0.5, 0.6) is 0 Å². The van der Waals surface area contributed by atoms with Crippen molar-refractivity contribution in [3.8, 4) is 0 Å². The normalized spacial score (nSPS) is 36.2. The van der Waals surface area contributed by atoms with E-state index >= 15 is 0 Å². The molecule has 1 saturated carbocycles. The third-order valence-electron chi connectivity index (χ3n) is 5.37. The van der Waals surface area contributed by atoms with Gasteiger partial charge in [0.2, 0.25) is 5.91 Å². The molecule has 1 unspecified atom stereocenters. The Morgan fingerprint density at radius 2 is 2.25 bits per heavy atom. The zero-order chi connectivity index (χ0) is 13.3. The number of hydrogen-bond acceptors (Lipinski definition) is 3. The van der Waals surface area contributed by atoms with Gasteiger partial charge in [-0.3, -0.25) is 4.79 Å². The summed E-state index contributed by atoms with van der Waals surface area (Å²) in [6.45, 7) is 4.48. The predicted molar refractivity (Wildman–Crippen MR) is 81.1 cm³/mol. The first-order chi connectivity index (χ1) is 9.22. The van der Waals surface area contributed by atoms with Gasteiger partial charge in [-0.05, 0) is 31.7 Å². The van der Waals surface area contributed by atoms with Crippen LogP contribution in [0.3, 0.4) is 0 Å². The summed E-state index contributed by atoms with van der Waals surface area (Å²) in [5, 5.41) is 3.46. The van der Waals surface area contributed by atoms with E-state index in [-0.39, 0.29) is 17.8 Å². The quantitative estimate of drug-likeness (QED) is 0.862. The first kappa shape index (κ1) is 16.1. The molecule has 2 saturated heterocycles. The summed E-state index contributed by atoms with van der Waals surface area (Å²) in [6.07, 6.45) is 5.91. The number of carbonyl (C=O) groups excluding carboxylic acids is 1. The molecule has 3 atom stereocenters. The monoisotopic (exact) mass is 302 g/mol. The average molecular weight is 303 g/mol. The van der Waals surface area contributed by atoms with Gasteiger partial charge in [0.15, 0.2) is 0 Å². The van der Waals surface area contributed by atoms with Crippen molar-refractivity contribution in [2.75, 3.05) is 39.9 Å². The Morgan fingerprint density at radius 3 is 3.00 bits per heavy atom. The fourth-order valence-electron chi connectivity index (χ4n) is 4.25. The van der Waals surface area contributed by atoms with Crippen LogP contribution < -0.4 is 5.32 Å². The molecule has 116 valence electrons. The molecule has 0 spiro atoms. The van der Waals surface area contributed by atoms with Crippen LogP contribution >= 0.6 is 12.4 Å². The van der Waals surface area contributed by atoms with Crippen LogP contribution in [0.15, 0.2) is 0 Å². The zero-order valence-electron chi connectivity index (χ0n) is 12.4. The maximum absolute atomic E-state index is 12.9. The summed E-state index contributed by atoms with van der Waals surface area (Å²) in [4.78, 5) is 14.9. The lowest BCUT2D eigenvalue weighted by Gasteiger charge is -2.40. The van der Waals surface area contributed by atoms with Crippen LogP contribution in [0, 0.1) is 17.3 Å². The second-order valence-electron chi connectivity index (χ2n) is 6.65. The summed E-state index contributed by atoms with van der Waals surface area (Å²) in [5.41, 5.74) is -0.0908. The summed E-state index contributed by atoms with van der Waals surface area (Å²) in [6, 6.07) is 0. The Hall–Kier alpha value is -0.320. The van der Waals surface area contributed by atoms with Gasteiger partial charge in [-0.2, -0.15) is 0 Å². The molecule has 0 aromatic heterocycles. The van der Waals surface area contributed by atoms with Crippen molar-refractivity contribution >= 4 is 18.3 Å². The van der Waals surface area contributed by atoms with Crippen LogP contribution in [0.2, 0.25) is 0 Å². The molecule has 0 radical (unpaired) electrons. The highest BCUT2D eigenvalue weighted by Gasteiger charge is 2.50. The van der Waals surface area contributed by atoms with Crippen molar-refractivity contribution in [3.63, 3.8) is 0 Å². The van der Waals surface area contributed by atoms with Gasteiger partial charge in [0.05, 0.1) is 12.0 Å². The lowest BCUT2D eigenvalue weighted by Crippen LogP contribution is -2.49. The molecule has 1 aliphatic carbocycles. The number of nitrogens with one attached hydrogen (secondary N) is 1. The second kappa shape index (κ2) is 6.63. The molecule has 3 fully saturated rings. The molecule has 0 aromatic carbocycles. The Balaban J connectivity index is 0.00000147. The van der Waals surface area contributed by atoms with E-state index in [1.807, 2.05) is 11.9 Å². The molecule has 5 heteroatoms. The Labute approximate surface area is 128 Å². The number of fused-ring (bicyclic) bond motifs is 1. The van der Waals surface area contributed by atoms with Crippen molar-refractivity contribution in [1.82, 2.24) is 10.2 Å². The minimum absolute atomic E-state index is 0. The number of ether oxygens (including phenoxy) is 1. The van der Waals surface area contributed by atoms with E-state index in [4.69, 9.17) is 4.74 Å². The van der Waals surface area contributed by atoms with Crippen LogP contribution in [-0.2, 0) is 9.53 Å². The van der Waals surface area contributed by atoms with Crippen molar-refractivity contribution < 1.29 is 9.53 Å². The number of nitrogens with zero attached hydrogens (tertiary/aromatic N) is 1. The molecule has 1 N–H and O–H groups in total. The second-order valence-corrected chi connectivity index (χ2v) is 6.65. The summed E-state index contributed by atoms with van der Waals surface area (Å²) in [7, 11) is 1.99. The summed E-state index contributed by atoms with van der Waals surface area (Å²) >= 11 is 0. The third-order valence-corrected chi connectivity index (χ3v) is 5.37. The first-order valence-electron chi connectivity index (χ1n) is 7.76. The van der Waals surface area contributed by atoms with Crippen molar-refractivity contribution in [2.24, 2.45) is 17.3 Å². The van der Waals surface area contributed by atoms with E-state index in [0.29, 0.717) is 17.7 Å². The van der Waals surface area contributed by atoms with E-state index in [0.717, 1.165) is 45.7 Å². The molecule has 2 aliphatic heterocycles. The average Bonchev–Trinajstić information content (AvgIpc) is 3.06. The van der Waals surface area contributed by atoms with Gasteiger partial charge >= 0.3 is 0 Å². The highest BCUT2D eigenvalue weighted by Crippen LogP contribution is 2.45. The van der Waals surface area contributed by atoms with Gasteiger partial charge in [-0.15, -0.1) is 12.4 Å². The number of carbonyl (C=O) groups is 1. The van der Waals surface area contributed by atoms with E-state index in [9.17, 15) is 4.79 Å². The zero-order valence-corrected chi connectivity index (χ0v) is 13.2. The molecule has 1 amide bonds. The molecule has 3 aliphatic rings. The maximum atomic E-state index is 12.9. The van der Waals surface area contributed by atoms with Gasteiger partial charge in [-0.1, -0.05) is 12.8 Å². The van der Waals surface area contributed by atoms with E-state index in [2.05, 4.69) is 5.32 Å². The van der Waals surface area contributed by atoms with Gasteiger partial charge in [0.25, 0.3) is 0 Å². The number of halogens is 1. The van der Waals surface area contributed by atoms with E-state index < -0.39 is 0 Å². The Kier molecular flexibility index (Phi) is 5.32. The first-order valence-corrected chi connectivity index (χ1v) is 7.76. The smallest absolute Gasteiger partial charge is 0.230 e. The van der Waals surface area contributed by atoms with Crippen LogP contribution in [-0.4, -0.2) is 50.7 Å². The molecule has 2 heterocycles. The van der Waals surface area contributed by atoms with Crippen LogP contribution in [0.1, 0.15) is 32.1 Å². The Bertz CT molecular complexity index is 347. The molecule has 3 rings (SSSR count). The lowest BCUT2D eigenvalue weighted by atomic mass is 9.67. The number of amides is 1. The molecule has 20 heavy (non-hydrogen) atoms. The minimum atomic E-state index is -0.0908. The number of hydrogen-bond donors (Lipinski definition) is 1. The van der Waals surface area contributed by atoms with Crippen molar-refractivity contribution in [3.05, 3.63) is 0 Å². The van der Waals surface area contributed by atoms with E-state index in [1.54, 1.807) is 0 Å². The number of rotatable bonds is 3. The van der Waals surface area contributed by atoms with Gasteiger partial charge in [0, 0.05) is 32.7 Å². The molecule has 4 nitrogen and oxygen atoms in total. The minimum Gasteiger partial charge on any atom is -0.381 e. The molecular formula is C15H27ClN2O2. The molecule has 0 aromatic rings.